The maximum absolute atomic E-state index is 12.0. The zero-order chi connectivity index (χ0) is 17.0. The van der Waals surface area contributed by atoms with Crippen LogP contribution < -0.4 is 11.3 Å². The summed E-state index contributed by atoms with van der Waals surface area (Å²) in [5.41, 5.74) is 5.90. The standard InChI is InChI=1S/C17H26N4O2/c1-12-4-5-15(13(2)10-12)14(3)20-6-8-21(9-7-20)17(23)11-16(22)19-18/h4-5,10,14H,6-9,11,18H2,1-3H3,(H,19,22). The van der Waals surface area contributed by atoms with Crippen LogP contribution in [0, 0.1) is 13.8 Å². The molecular weight excluding hydrogens is 292 g/mol. The van der Waals surface area contributed by atoms with Gasteiger partial charge in [-0.05, 0) is 31.9 Å². The topological polar surface area (TPSA) is 78.7 Å². The minimum absolute atomic E-state index is 0.160. The minimum Gasteiger partial charge on any atom is -0.340 e. The second-order valence-corrected chi connectivity index (χ2v) is 6.20. The molecule has 2 rings (SSSR count). The molecule has 1 aromatic rings. The first-order valence-corrected chi connectivity index (χ1v) is 8.00. The average molecular weight is 318 g/mol. The molecule has 1 fully saturated rings. The predicted octanol–water partition coefficient (Wildman–Crippen LogP) is 0.889. The highest BCUT2D eigenvalue weighted by molar-refractivity contribution is 5.96. The number of aryl methyl sites for hydroxylation is 2. The third-order valence-electron chi connectivity index (χ3n) is 4.56. The van der Waals surface area contributed by atoms with Gasteiger partial charge >= 0.3 is 0 Å². The Bertz CT molecular complexity index is 580. The van der Waals surface area contributed by atoms with Crippen molar-refractivity contribution in [1.82, 2.24) is 15.2 Å². The SMILES string of the molecule is Cc1ccc(C(C)N2CCN(C(=O)CC(=O)NN)CC2)c(C)c1. The second-order valence-electron chi connectivity index (χ2n) is 6.20. The molecule has 0 spiro atoms. The van der Waals surface area contributed by atoms with Crippen LogP contribution in [-0.4, -0.2) is 47.8 Å². The van der Waals surface area contributed by atoms with Crippen molar-refractivity contribution in [3.05, 3.63) is 34.9 Å². The van der Waals surface area contributed by atoms with E-state index in [1.54, 1.807) is 4.90 Å². The van der Waals surface area contributed by atoms with E-state index in [-0.39, 0.29) is 12.3 Å². The van der Waals surface area contributed by atoms with Crippen molar-refractivity contribution in [3.8, 4) is 0 Å². The quantitative estimate of drug-likeness (QED) is 0.374. The molecule has 3 N–H and O–H groups in total. The normalized spacial score (nSPS) is 17.0. The van der Waals surface area contributed by atoms with Crippen LogP contribution in [0.4, 0.5) is 0 Å². The van der Waals surface area contributed by atoms with Crippen molar-refractivity contribution in [1.29, 1.82) is 0 Å². The molecular formula is C17H26N4O2. The Kier molecular flexibility index (Phi) is 5.74. The van der Waals surface area contributed by atoms with E-state index < -0.39 is 5.91 Å². The van der Waals surface area contributed by atoms with Crippen LogP contribution in [0.5, 0.6) is 0 Å². The van der Waals surface area contributed by atoms with Gasteiger partial charge in [0.15, 0.2) is 0 Å². The van der Waals surface area contributed by atoms with E-state index in [1.165, 1.54) is 16.7 Å². The van der Waals surface area contributed by atoms with Gasteiger partial charge in [0.2, 0.25) is 11.8 Å². The predicted molar refractivity (Wildman–Crippen MR) is 89.4 cm³/mol. The van der Waals surface area contributed by atoms with Crippen molar-refractivity contribution >= 4 is 11.8 Å². The van der Waals surface area contributed by atoms with Gasteiger partial charge < -0.3 is 4.90 Å². The molecule has 2 amide bonds. The summed E-state index contributed by atoms with van der Waals surface area (Å²) in [4.78, 5) is 27.3. The van der Waals surface area contributed by atoms with Crippen molar-refractivity contribution in [2.45, 2.75) is 33.2 Å². The fourth-order valence-corrected chi connectivity index (χ4v) is 3.15. The minimum atomic E-state index is -0.443. The summed E-state index contributed by atoms with van der Waals surface area (Å²) >= 11 is 0. The fourth-order valence-electron chi connectivity index (χ4n) is 3.15. The van der Waals surface area contributed by atoms with E-state index in [9.17, 15) is 9.59 Å². The van der Waals surface area contributed by atoms with Crippen LogP contribution in [0.2, 0.25) is 0 Å². The third-order valence-corrected chi connectivity index (χ3v) is 4.56. The highest BCUT2D eigenvalue weighted by Crippen LogP contribution is 2.25. The Morgan fingerprint density at radius 1 is 1.22 bits per heavy atom. The zero-order valence-corrected chi connectivity index (χ0v) is 14.1. The van der Waals surface area contributed by atoms with Gasteiger partial charge in [-0.15, -0.1) is 0 Å². The number of rotatable bonds is 4. The molecule has 6 nitrogen and oxygen atoms in total. The number of piperazine rings is 1. The molecule has 1 unspecified atom stereocenters. The molecule has 1 saturated heterocycles. The Hall–Kier alpha value is -1.92. The van der Waals surface area contributed by atoms with Gasteiger partial charge in [0.05, 0.1) is 0 Å². The molecule has 1 aromatic carbocycles. The van der Waals surface area contributed by atoms with E-state index in [0.29, 0.717) is 19.1 Å². The Labute approximate surface area is 137 Å². The summed E-state index contributed by atoms with van der Waals surface area (Å²) in [6.07, 6.45) is -0.177. The van der Waals surface area contributed by atoms with Gasteiger partial charge in [0.1, 0.15) is 6.42 Å². The van der Waals surface area contributed by atoms with Gasteiger partial charge in [0, 0.05) is 32.2 Å². The number of hydrogen-bond donors (Lipinski definition) is 2. The molecule has 1 aliphatic heterocycles. The second kappa shape index (κ2) is 7.57. The van der Waals surface area contributed by atoms with Gasteiger partial charge in [-0.25, -0.2) is 5.84 Å². The fraction of sp³-hybridized carbons (Fsp3) is 0.529. The molecule has 126 valence electrons. The molecule has 1 aliphatic rings. The summed E-state index contributed by atoms with van der Waals surface area (Å²) < 4.78 is 0. The van der Waals surface area contributed by atoms with Gasteiger partial charge in [-0.1, -0.05) is 23.8 Å². The highest BCUT2D eigenvalue weighted by atomic mass is 16.2. The van der Waals surface area contributed by atoms with Gasteiger partial charge in [-0.2, -0.15) is 0 Å². The van der Waals surface area contributed by atoms with Crippen LogP contribution in [0.1, 0.15) is 36.1 Å². The molecule has 0 aromatic heterocycles. The molecule has 6 heteroatoms. The Morgan fingerprint density at radius 2 is 1.87 bits per heavy atom. The monoisotopic (exact) mass is 318 g/mol. The molecule has 1 heterocycles. The molecule has 0 aliphatic carbocycles. The Balaban J connectivity index is 1.93. The molecule has 0 bridgehead atoms. The maximum Gasteiger partial charge on any atom is 0.243 e. The number of hydrogen-bond acceptors (Lipinski definition) is 4. The van der Waals surface area contributed by atoms with E-state index in [4.69, 9.17) is 5.84 Å². The van der Waals surface area contributed by atoms with Crippen molar-refractivity contribution in [2.75, 3.05) is 26.2 Å². The summed E-state index contributed by atoms with van der Waals surface area (Å²) in [5.74, 6) is 4.42. The number of nitrogens with zero attached hydrogens (tertiary/aromatic N) is 2. The number of nitrogens with one attached hydrogen (secondary N) is 1. The van der Waals surface area contributed by atoms with Crippen LogP contribution in [0.3, 0.4) is 0 Å². The average Bonchev–Trinajstić information content (AvgIpc) is 2.54. The third kappa shape index (κ3) is 4.30. The number of hydrazine groups is 1. The smallest absolute Gasteiger partial charge is 0.243 e. The lowest BCUT2D eigenvalue weighted by Gasteiger charge is -2.38. The molecule has 1 atom stereocenters. The molecule has 0 radical (unpaired) electrons. The van der Waals surface area contributed by atoms with E-state index in [2.05, 4.69) is 43.9 Å². The van der Waals surface area contributed by atoms with Gasteiger partial charge in [-0.3, -0.25) is 19.9 Å². The van der Waals surface area contributed by atoms with Crippen molar-refractivity contribution in [2.24, 2.45) is 5.84 Å². The maximum atomic E-state index is 12.0. The number of carbonyl (C=O) groups excluding carboxylic acids is 2. The van der Waals surface area contributed by atoms with E-state index in [1.807, 2.05) is 5.43 Å². The van der Waals surface area contributed by atoms with E-state index in [0.717, 1.165) is 13.1 Å². The lowest BCUT2D eigenvalue weighted by atomic mass is 9.98. The largest absolute Gasteiger partial charge is 0.340 e. The zero-order valence-electron chi connectivity index (χ0n) is 14.1. The van der Waals surface area contributed by atoms with Crippen molar-refractivity contribution in [3.63, 3.8) is 0 Å². The summed E-state index contributed by atoms with van der Waals surface area (Å²) in [6, 6.07) is 6.86. The van der Waals surface area contributed by atoms with Crippen molar-refractivity contribution < 1.29 is 9.59 Å². The summed E-state index contributed by atoms with van der Waals surface area (Å²) in [7, 11) is 0. The summed E-state index contributed by atoms with van der Waals surface area (Å²) in [6.45, 7) is 9.36. The first-order valence-electron chi connectivity index (χ1n) is 8.00. The van der Waals surface area contributed by atoms with E-state index >= 15 is 0 Å². The van der Waals surface area contributed by atoms with Crippen LogP contribution in [0.15, 0.2) is 18.2 Å². The van der Waals surface area contributed by atoms with Crippen LogP contribution in [0.25, 0.3) is 0 Å². The highest BCUT2D eigenvalue weighted by Gasteiger charge is 2.26. The summed E-state index contributed by atoms with van der Waals surface area (Å²) in [5, 5.41) is 0. The number of carbonyl (C=O) groups is 2. The first kappa shape index (κ1) is 17.4. The lowest BCUT2D eigenvalue weighted by Crippen LogP contribution is -2.50. The lowest BCUT2D eigenvalue weighted by molar-refractivity contribution is -0.137. The Morgan fingerprint density at radius 3 is 2.43 bits per heavy atom. The number of amides is 2. The number of nitrogens with two attached hydrogens (primary N) is 1. The van der Waals surface area contributed by atoms with Crippen LogP contribution in [-0.2, 0) is 9.59 Å². The molecule has 23 heavy (non-hydrogen) atoms. The number of benzene rings is 1. The molecule has 0 saturated carbocycles. The van der Waals surface area contributed by atoms with Crippen LogP contribution >= 0.6 is 0 Å². The van der Waals surface area contributed by atoms with Gasteiger partial charge in [0.25, 0.3) is 0 Å². The first-order chi connectivity index (χ1) is 10.9.